The number of sulfonamides is 1. The first kappa shape index (κ1) is 26.1. The van der Waals surface area contributed by atoms with Gasteiger partial charge in [-0.05, 0) is 25.6 Å². The zero-order valence-electron chi connectivity index (χ0n) is 16.7. The Morgan fingerprint density at radius 2 is 1.70 bits per heavy atom. The quantitative estimate of drug-likeness (QED) is 0.183. The van der Waals surface area contributed by atoms with Crippen molar-refractivity contribution in [2.24, 2.45) is 4.99 Å². The Hall–Kier alpha value is -0.910. The predicted molar refractivity (Wildman–Crippen MR) is 124 cm³/mol. The van der Waals surface area contributed by atoms with E-state index in [1.165, 1.54) is 5.56 Å². The zero-order valence-corrected chi connectivity index (χ0v) is 19.9. The number of hydrogen-bond acceptors (Lipinski definition) is 4. The molecule has 0 spiro atoms. The molecular weight excluding hydrogens is 477 g/mol. The van der Waals surface area contributed by atoms with Gasteiger partial charge in [-0.15, -0.1) is 24.0 Å². The maximum Gasteiger partial charge on any atom is 0.208 e. The molecule has 0 aromatic heterocycles. The third kappa shape index (κ3) is 10.9. The molecule has 0 aliphatic heterocycles. The van der Waals surface area contributed by atoms with Crippen molar-refractivity contribution in [3.63, 3.8) is 0 Å². The Kier molecular flexibility index (Phi) is 13.7. The van der Waals surface area contributed by atoms with Crippen molar-refractivity contribution in [2.75, 3.05) is 45.5 Å². The summed E-state index contributed by atoms with van der Waals surface area (Å²) in [5, 5.41) is 6.37. The van der Waals surface area contributed by atoms with Crippen LogP contribution in [0.25, 0.3) is 0 Å². The molecule has 0 saturated carbocycles. The van der Waals surface area contributed by atoms with Crippen molar-refractivity contribution >= 4 is 40.0 Å². The van der Waals surface area contributed by atoms with E-state index in [2.05, 4.69) is 58.4 Å². The molecule has 0 saturated heterocycles. The van der Waals surface area contributed by atoms with Gasteiger partial charge in [-0.2, -0.15) is 0 Å². The van der Waals surface area contributed by atoms with Crippen molar-refractivity contribution in [2.45, 2.75) is 26.8 Å². The predicted octanol–water partition coefficient (Wildman–Crippen LogP) is 1.79. The standard InChI is InChI=1S/C18H33N5O2S.HI/c1-5-19-18(20-13-14-22-26(4,24)25)21-15-17(23(6-2)7-3)16-11-9-8-10-12-16;/h8-12,17,22H,5-7,13-15H2,1-4H3,(H2,19,20,21);1H. The summed E-state index contributed by atoms with van der Waals surface area (Å²) in [5.41, 5.74) is 1.24. The summed E-state index contributed by atoms with van der Waals surface area (Å²) in [6.45, 7) is 10.4. The lowest BCUT2D eigenvalue weighted by Crippen LogP contribution is -2.42. The van der Waals surface area contributed by atoms with Gasteiger partial charge in [0.25, 0.3) is 0 Å². The van der Waals surface area contributed by atoms with Gasteiger partial charge in [-0.3, -0.25) is 9.89 Å². The molecule has 27 heavy (non-hydrogen) atoms. The van der Waals surface area contributed by atoms with Crippen molar-refractivity contribution < 1.29 is 8.42 Å². The molecule has 0 radical (unpaired) electrons. The highest BCUT2D eigenvalue weighted by Gasteiger charge is 2.17. The maximum atomic E-state index is 11.1. The summed E-state index contributed by atoms with van der Waals surface area (Å²) < 4.78 is 24.7. The normalized spacial score (nSPS) is 13.1. The van der Waals surface area contributed by atoms with Gasteiger partial charge in [0.15, 0.2) is 5.96 Å². The van der Waals surface area contributed by atoms with Crippen LogP contribution >= 0.6 is 24.0 Å². The minimum Gasteiger partial charge on any atom is -0.357 e. The summed E-state index contributed by atoms with van der Waals surface area (Å²) in [6, 6.07) is 10.6. The molecule has 1 unspecified atom stereocenters. The van der Waals surface area contributed by atoms with Crippen molar-refractivity contribution in [3.8, 4) is 0 Å². The van der Waals surface area contributed by atoms with E-state index in [9.17, 15) is 8.42 Å². The summed E-state index contributed by atoms with van der Waals surface area (Å²) in [7, 11) is -3.17. The lowest BCUT2D eigenvalue weighted by molar-refractivity contribution is 0.224. The van der Waals surface area contributed by atoms with Crippen LogP contribution in [0.5, 0.6) is 0 Å². The summed E-state index contributed by atoms with van der Waals surface area (Å²) in [6.07, 6.45) is 1.15. The number of hydrogen-bond donors (Lipinski definition) is 3. The second kappa shape index (κ2) is 14.1. The zero-order chi connectivity index (χ0) is 19.4. The van der Waals surface area contributed by atoms with E-state index in [-0.39, 0.29) is 30.0 Å². The van der Waals surface area contributed by atoms with Gasteiger partial charge < -0.3 is 10.6 Å². The van der Waals surface area contributed by atoms with E-state index < -0.39 is 10.0 Å². The number of guanidine groups is 1. The fraction of sp³-hybridized carbons (Fsp3) is 0.611. The molecule has 3 N–H and O–H groups in total. The van der Waals surface area contributed by atoms with Gasteiger partial charge in [0.05, 0.1) is 18.8 Å². The highest BCUT2D eigenvalue weighted by molar-refractivity contribution is 14.0. The first-order valence-corrected chi connectivity index (χ1v) is 11.1. The smallest absolute Gasteiger partial charge is 0.208 e. The average Bonchev–Trinajstić information content (AvgIpc) is 2.62. The van der Waals surface area contributed by atoms with E-state index in [0.29, 0.717) is 25.6 Å². The van der Waals surface area contributed by atoms with Gasteiger partial charge in [-0.25, -0.2) is 13.1 Å². The number of benzene rings is 1. The molecule has 1 aromatic carbocycles. The minimum atomic E-state index is -3.17. The molecule has 1 rings (SSSR count). The number of nitrogens with zero attached hydrogens (tertiary/aromatic N) is 2. The molecule has 9 heteroatoms. The Bertz CT molecular complexity index is 636. The van der Waals surface area contributed by atoms with Crippen molar-refractivity contribution in [3.05, 3.63) is 35.9 Å². The largest absolute Gasteiger partial charge is 0.357 e. The number of nitrogens with one attached hydrogen (secondary N) is 3. The molecule has 1 atom stereocenters. The van der Waals surface area contributed by atoms with Crippen LogP contribution in [0.3, 0.4) is 0 Å². The summed E-state index contributed by atoms with van der Waals surface area (Å²) >= 11 is 0. The molecule has 0 fully saturated rings. The van der Waals surface area contributed by atoms with Gasteiger partial charge in [0.2, 0.25) is 10.0 Å². The number of rotatable bonds is 11. The Morgan fingerprint density at radius 1 is 1.07 bits per heavy atom. The number of aliphatic imine (C=N–C) groups is 1. The van der Waals surface area contributed by atoms with Crippen LogP contribution in [0, 0.1) is 0 Å². The van der Waals surface area contributed by atoms with Crippen LogP contribution in [-0.2, 0) is 10.0 Å². The molecule has 0 aliphatic rings. The average molecular weight is 511 g/mol. The van der Waals surface area contributed by atoms with Gasteiger partial charge in [0, 0.05) is 19.6 Å². The Balaban J connectivity index is 0.00000676. The third-order valence-corrected chi connectivity index (χ3v) is 4.71. The number of likely N-dealkylation sites (N-methyl/N-ethyl adjacent to an activating group) is 1. The molecule has 0 heterocycles. The van der Waals surface area contributed by atoms with Crippen molar-refractivity contribution in [1.82, 2.24) is 20.3 Å². The molecule has 156 valence electrons. The fourth-order valence-electron chi connectivity index (χ4n) is 2.71. The van der Waals surface area contributed by atoms with Crippen molar-refractivity contribution in [1.29, 1.82) is 0 Å². The molecule has 0 bridgehead atoms. The lowest BCUT2D eigenvalue weighted by atomic mass is 10.1. The first-order valence-electron chi connectivity index (χ1n) is 9.17. The van der Waals surface area contributed by atoms with E-state index in [1.54, 1.807) is 0 Å². The summed E-state index contributed by atoms with van der Waals surface area (Å²) in [5.74, 6) is 0.691. The van der Waals surface area contributed by atoms with Crippen LogP contribution in [0.4, 0.5) is 0 Å². The number of halogens is 1. The second-order valence-electron chi connectivity index (χ2n) is 5.96. The molecule has 0 amide bonds. The highest BCUT2D eigenvalue weighted by Crippen LogP contribution is 2.20. The minimum absolute atomic E-state index is 0. The van der Waals surface area contributed by atoms with Crippen LogP contribution in [0.2, 0.25) is 0 Å². The molecule has 7 nitrogen and oxygen atoms in total. The topological polar surface area (TPSA) is 85.8 Å². The second-order valence-corrected chi connectivity index (χ2v) is 7.79. The van der Waals surface area contributed by atoms with E-state index in [1.807, 2.05) is 13.0 Å². The molecule has 0 aliphatic carbocycles. The van der Waals surface area contributed by atoms with E-state index >= 15 is 0 Å². The fourth-order valence-corrected chi connectivity index (χ4v) is 3.18. The molecular formula is C18H34IN5O2S. The third-order valence-electron chi connectivity index (χ3n) is 3.99. The SMILES string of the molecule is CCNC(=NCC(c1ccccc1)N(CC)CC)NCCNS(C)(=O)=O.I. The van der Waals surface area contributed by atoms with E-state index in [4.69, 9.17) is 4.99 Å². The maximum absolute atomic E-state index is 11.1. The van der Waals surface area contributed by atoms with Gasteiger partial charge in [0.1, 0.15) is 0 Å². The van der Waals surface area contributed by atoms with Crippen LogP contribution in [0.1, 0.15) is 32.4 Å². The van der Waals surface area contributed by atoms with Crippen LogP contribution < -0.4 is 15.4 Å². The van der Waals surface area contributed by atoms with Crippen LogP contribution in [-0.4, -0.2) is 64.8 Å². The van der Waals surface area contributed by atoms with Gasteiger partial charge >= 0.3 is 0 Å². The highest BCUT2D eigenvalue weighted by atomic mass is 127. The lowest BCUT2D eigenvalue weighted by Gasteiger charge is -2.29. The monoisotopic (exact) mass is 511 g/mol. The van der Waals surface area contributed by atoms with E-state index in [0.717, 1.165) is 25.9 Å². The molecule has 1 aromatic rings. The Labute approximate surface area is 181 Å². The summed E-state index contributed by atoms with van der Waals surface area (Å²) in [4.78, 5) is 7.10. The first-order chi connectivity index (χ1) is 12.4. The van der Waals surface area contributed by atoms with Crippen LogP contribution in [0.15, 0.2) is 35.3 Å². The Morgan fingerprint density at radius 3 is 2.22 bits per heavy atom. The van der Waals surface area contributed by atoms with Gasteiger partial charge in [-0.1, -0.05) is 44.2 Å².